The third-order valence-corrected chi connectivity index (χ3v) is 5.80. The highest BCUT2D eigenvalue weighted by molar-refractivity contribution is 6.01. The third kappa shape index (κ3) is 4.85. The Morgan fingerprint density at radius 2 is 1.86 bits per heavy atom. The van der Waals surface area contributed by atoms with Gasteiger partial charge >= 0.3 is 0 Å². The molecule has 0 aliphatic carbocycles. The summed E-state index contributed by atoms with van der Waals surface area (Å²) in [5.74, 6) is -0.0542. The number of fused-ring (bicyclic) bond motifs is 1. The van der Waals surface area contributed by atoms with Gasteiger partial charge in [0, 0.05) is 18.1 Å². The van der Waals surface area contributed by atoms with E-state index in [1.54, 1.807) is 47.6 Å². The number of anilines is 1. The minimum atomic E-state index is -0.952. The van der Waals surface area contributed by atoms with Crippen molar-refractivity contribution in [1.82, 2.24) is 25.3 Å². The van der Waals surface area contributed by atoms with Crippen molar-refractivity contribution < 1.29 is 14.0 Å². The zero-order chi connectivity index (χ0) is 24.9. The second-order valence-corrected chi connectivity index (χ2v) is 8.32. The molecule has 3 heterocycles. The second kappa shape index (κ2) is 10.2. The van der Waals surface area contributed by atoms with E-state index in [0.717, 1.165) is 11.1 Å². The van der Waals surface area contributed by atoms with E-state index in [4.69, 9.17) is 4.42 Å². The molecule has 0 aliphatic heterocycles. The molecule has 180 valence electrons. The quantitative estimate of drug-likeness (QED) is 0.362. The van der Waals surface area contributed by atoms with Crippen molar-refractivity contribution in [1.29, 1.82) is 0 Å². The van der Waals surface area contributed by atoms with Crippen molar-refractivity contribution in [2.45, 2.75) is 26.1 Å². The van der Waals surface area contributed by atoms with E-state index >= 15 is 0 Å². The van der Waals surface area contributed by atoms with Crippen LogP contribution in [0.5, 0.6) is 0 Å². The Kier molecular flexibility index (Phi) is 6.53. The number of carbonyl (C=O) groups excluding carboxylic acids is 2. The van der Waals surface area contributed by atoms with Crippen LogP contribution < -0.4 is 10.2 Å². The van der Waals surface area contributed by atoms with Crippen molar-refractivity contribution in [3.63, 3.8) is 0 Å². The Morgan fingerprint density at radius 1 is 1.03 bits per heavy atom. The summed E-state index contributed by atoms with van der Waals surface area (Å²) in [5.41, 5.74) is 3.60. The summed E-state index contributed by atoms with van der Waals surface area (Å²) >= 11 is 0. The molecule has 0 unspecified atom stereocenters. The van der Waals surface area contributed by atoms with Gasteiger partial charge in [0.2, 0.25) is 11.8 Å². The van der Waals surface area contributed by atoms with E-state index in [-0.39, 0.29) is 24.9 Å². The number of nitrogens with zero attached hydrogens (tertiary/aromatic N) is 5. The predicted molar refractivity (Wildman–Crippen MR) is 134 cm³/mol. The number of benzene rings is 2. The standard InChI is InChI=1S/C27H24N6O3/c1-19-6-4-7-21(16-19)33(25(34)18-32-24-10-3-2-9-23(24)30-31-32)26(20-11-13-28-14-12-20)27(35)29-17-22-8-5-15-36-22/h2-16,26H,17-18H2,1H3,(H,29,35)/t26-/m0/s1. The average molecular weight is 481 g/mol. The molecule has 0 aliphatic rings. The minimum Gasteiger partial charge on any atom is -0.467 e. The summed E-state index contributed by atoms with van der Waals surface area (Å²) in [6, 6.07) is 21.0. The van der Waals surface area contributed by atoms with Gasteiger partial charge in [-0.2, -0.15) is 0 Å². The van der Waals surface area contributed by atoms with Crippen LogP contribution in [0.3, 0.4) is 0 Å². The number of hydrogen-bond acceptors (Lipinski definition) is 6. The van der Waals surface area contributed by atoms with Gasteiger partial charge in [0.05, 0.1) is 18.3 Å². The number of nitrogens with one attached hydrogen (secondary N) is 1. The molecule has 0 radical (unpaired) electrons. The molecule has 0 saturated heterocycles. The molecule has 1 N–H and O–H groups in total. The van der Waals surface area contributed by atoms with Crippen LogP contribution in [0.4, 0.5) is 5.69 Å². The molecule has 0 spiro atoms. The van der Waals surface area contributed by atoms with Crippen molar-refractivity contribution in [2.75, 3.05) is 4.90 Å². The number of furan rings is 1. The van der Waals surface area contributed by atoms with Crippen LogP contribution in [-0.4, -0.2) is 31.8 Å². The first-order valence-electron chi connectivity index (χ1n) is 11.5. The molecule has 5 aromatic rings. The normalized spacial score (nSPS) is 11.8. The van der Waals surface area contributed by atoms with Crippen LogP contribution >= 0.6 is 0 Å². The first-order valence-corrected chi connectivity index (χ1v) is 11.5. The molecule has 9 heteroatoms. The predicted octanol–water partition coefficient (Wildman–Crippen LogP) is 3.82. The van der Waals surface area contributed by atoms with Gasteiger partial charge < -0.3 is 9.73 Å². The van der Waals surface area contributed by atoms with E-state index in [1.165, 1.54) is 4.90 Å². The van der Waals surface area contributed by atoms with Gasteiger partial charge in [-0.15, -0.1) is 5.10 Å². The van der Waals surface area contributed by atoms with Crippen molar-refractivity contribution >= 4 is 28.5 Å². The number of hydrogen-bond donors (Lipinski definition) is 1. The fraction of sp³-hybridized carbons (Fsp3) is 0.148. The Morgan fingerprint density at radius 3 is 2.64 bits per heavy atom. The lowest BCUT2D eigenvalue weighted by molar-refractivity contribution is -0.127. The Bertz CT molecular complexity index is 1480. The minimum absolute atomic E-state index is 0.0957. The number of rotatable bonds is 8. The molecule has 0 fully saturated rings. The molecular formula is C27H24N6O3. The molecule has 0 bridgehead atoms. The monoisotopic (exact) mass is 480 g/mol. The van der Waals surface area contributed by atoms with Crippen LogP contribution in [-0.2, 0) is 22.7 Å². The molecule has 2 amide bonds. The molecule has 0 saturated carbocycles. The lowest BCUT2D eigenvalue weighted by Crippen LogP contribution is -2.45. The van der Waals surface area contributed by atoms with Crippen LogP contribution in [0.25, 0.3) is 11.0 Å². The molecule has 9 nitrogen and oxygen atoms in total. The number of carbonyl (C=O) groups is 2. The smallest absolute Gasteiger partial charge is 0.249 e. The number of para-hydroxylation sites is 1. The van der Waals surface area contributed by atoms with Gasteiger partial charge in [-0.1, -0.05) is 29.5 Å². The third-order valence-electron chi connectivity index (χ3n) is 5.80. The maximum atomic E-state index is 13.9. The second-order valence-electron chi connectivity index (χ2n) is 8.32. The van der Waals surface area contributed by atoms with E-state index < -0.39 is 6.04 Å². The Hall–Kier alpha value is -4.79. The summed E-state index contributed by atoms with van der Waals surface area (Å²) < 4.78 is 6.91. The number of aromatic nitrogens is 4. The van der Waals surface area contributed by atoms with Crippen molar-refractivity contribution in [2.24, 2.45) is 0 Å². The summed E-state index contributed by atoms with van der Waals surface area (Å²) in [6.07, 6.45) is 4.75. The highest BCUT2D eigenvalue weighted by Crippen LogP contribution is 2.29. The highest BCUT2D eigenvalue weighted by Gasteiger charge is 2.33. The Labute approximate surface area is 207 Å². The van der Waals surface area contributed by atoms with Gasteiger partial charge in [-0.25, -0.2) is 4.68 Å². The number of amides is 2. The summed E-state index contributed by atoms with van der Waals surface area (Å²) in [4.78, 5) is 33.2. The van der Waals surface area contributed by atoms with E-state index in [1.807, 2.05) is 55.5 Å². The first kappa shape index (κ1) is 23.0. The Balaban J connectivity index is 1.54. The number of pyridine rings is 1. The molecule has 3 aromatic heterocycles. The molecule has 5 rings (SSSR count). The van der Waals surface area contributed by atoms with E-state index in [2.05, 4.69) is 20.6 Å². The van der Waals surface area contributed by atoms with Gasteiger partial charge in [0.25, 0.3) is 0 Å². The summed E-state index contributed by atoms with van der Waals surface area (Å²) in [7, 11) is 0. The van der Waals surface area contributed by atoms with E-state index in [0.29, 0.717) is 22.5 Å². The summed E-state index contributed by atoms with van der Waals surface area (Å²) in [5, 5.41) is 11.2. The van der Waals surface area contributed by atoms with Crippen molar-refractivity contribution in [3.8, 4) is 0 Å². The summed E-state index contributed by atoms with van der Waals surface area (Å²) in [6.45, 7) is 2.04. The lowest BCUT2D eigenvalue weighted by Gasteiger charge is -2.31. The van der Waals surface area contributed by atoms with Gasteiger partial charge in [0.1, 0.15) is 23.9 Å². The average Bonchev–Trinajstić information content (AvgIpc) is 3.56. The fourth-order valence-electron chi connectivity index (χ4n) is 4.10. The molecular weight excluding hydrogens is 456 g/mol. The topological polar surface area (TPSA) is 106 Å². The largest absolute Gasteiger partial charge is 0.467 e. The zero-order valence-corrected chi connectivity index (χ0v) is 19.6. The zero-order valence-electron chi connectivity index (χ0n) is 19.6. The van der Waals surface area contributed by atoms with Crippen LogP contribution in [0.1, 0.15) is 22.9 Å². The van der Waals surface area contributed by atoms with E-state index in [9.17, 15) is 9.59 Å². The fourth-order valence-corrected chi connectivity index (χ4v) is 4.10. The SMILES string of the molecule is Cc1cccc(N(C(=O)Cn2nnc3ccccc32)[C@H](C(=O)NCc2ccco2)c2ccncc2)c1. The van der Waals surface area contributed by atoms with Crippen LogP contribution in [0.15, 0.2) is 95.9 Å². The number of aryl methyl sites for hydroxylation is 1. The van der Waals surface area contributed by atoms with Crippen molar-refractivity contribution in [3.05, 3.63) is 108 Å². The van der Waals surface area contributed by atoms with Gasteiger partial charge in [0.15, 0.2) is 0 Å². The van der Waals surface area contributed by atoms with Crippen LogP contribution in [0.2, 0.25) is 0 Å². The molecule has 36 heavy (non-hydrogen) atoms. The van der Waals surface area contributed by atoms with Crippen LogP contribution in [0, 0.1) is 6.92 Å². The maximum Gasteiger partial charge on any atom is 0.249 e. The highest BCUT2D eigenvalue weighted by atomic mass is 16.3. The maximum absolute atomic E-state index is 13.9. The molecule has 1 atom stereocenters. The van der Waals surface area contributed by atoms with Gasteiger partial charge in [-0.05, 0) is 66.6 Å². The lowest BCUT2D eigenvalue weighted by atomic mass is 10.0. The molecule has 2 aromatic carbocycles. The first-order chi connectivity index (χ1) is 17.6. The van der Waals surface area contributed by atoms with Gasteiger partial charge in [-0.3, -0.25) is 19.5 Å².